The van der Waals surface area contributed by atoms with Crippen LogP contribution in [0.15, 0.2) is 12.4 Å². The maximum Gasteiger partial charge on any atom is 0.274 e. The molecule has 0 radical (unpaired) electrons. The molecule has 0 aromatic carbocycles. The third kappa shape index (κ3) is 4.19. The SMILES string of the molecule is CCCCN(C(=O)c1cnc(NC)cn1)C(C)CC. The predicted molar refractivity (Wildman–Crippen MR) is 77.3 cm³/mol. The van der Waals surface area contributed by atoms with E-state index >= 15 is 0 Å². The Balaban J connectivity index is 2.84. The van der Waals surface area contributed by atoms with Gasteiger partial charge in [0.1, 0.15) is 11.5 Å². The molecule has 0 bridgehead atoms. The highest BCUT2D eigenvalue weighted by molar-refractivity contribution is 5.92. The van der Waals surface area contributed by atoms with E-state index in [4.69, 9.17) is 0 Å². The lowest BCUT2D eigenvalue weighted by Gasteiger charge is -2.28. The Morgan fingerprint density at radius 2 is 2.11 bits per heavy atom. The van der Waals surface area contributed by atoms with Gasteiger partial charge >= 0.3 is 0 Å². The smallest absolute Gasteiger partial charge is 0.274 e. The largest absolute Gasteiger partial charge is 0.372 e. The zero-order valence-corrected chi connectivity index (χ0v) is 12.3. The van der Waals surface area contributed by atoms with Crippen LogP contribution < -0.4 is 5.32 Å². The molecule has 1 amide bonds. The Hall–Kier alpha value is -1.65. The van der Waals surface area contributed by atoms with Gasteiger partial charge in [0.25, 0.3) is 5.91 Å². The highest BCUT2D eigenvalue weighted by atomic mass is 16.2. The fraction of sp³-hybridized carbons (Fsp3) is 0.643. The Labute approximate surface area is 115 Å². The first-order valence-electron chi connectivity index (χ1n) is 6.94. The topological polar surface area (TPSA) is 58.1 Å². The Kier molecular flexibility index (Phi) is 6.25. The zero-order chi connectivity index (χ0) is 14.3. The van der Waals surface area contributed by atoms with Crippen LogP contribution in [0.5, 0.6) is 0 Å². The minimum atomic E-state index is -0.0297. The molecule has 0 spiro atoms. The van der Waals surface area contributed by atoms with E-state index in [2.05, 4.69) is 36.1 Å². The maximum atomic E-state index is 12.5. The standard InChI is InChI=1S/C14H24N4O/c1-5-7-8-18(11(3)6-2)14(19)12-9-17-13(15-4)10-16-12/h9-11H,5-8H2,1-4H3,(H,15,17). The van der Waals surface area contributed by atoms with Crippen LogP contribution >= 0.6 is 0 Å². The molecule has 0 aliphatic rings. The van der Waals surface area contributed by atoms with Crippen molar-refractivity contribution in [3.63, 3.8) is 0 Å². The number of carbonyl (C=O) groups is 1. The summed E-state index contributed by atoms with van der Waals surface area (Å²) in [5.41, 5.74) is 0.412. The first-order valence-corrected chi connectivity index (χ1v) is 6.94. The molecule has 0 aliphatic carbocycles. The molecule has 1 rings (SSSR count). The van der Waals surface area contributed by atoms with Gasteiger partial charge in [-0.25, -0.2) is 9.97 Å². The minimum Gasteiger partial charge on any atom is -0.372 e. The number of hydrogen-bond acceptors (Lipinski definition) is 4. The summed E-state index contributed by atoms with van der Waals surface area (Å²) >= 11 is 0. The fourth-order valence-electron chi connectivity index (χ4n) is 1.79. The second-order valence-corrected chi connectivity index (χ2v) is 4.65. The van der Waals surface area contributed by atoms with E-state index in [9.17, 15) is 4.79 Å². The molecule has 5 heteroatoms. The molecule has 1 aromatic heterocycles. The number of unbranched alkanes of at least 4 members (excludes halogenated alkanes) is 1. The number of carbonyl (C=O) groups excluding carboxylic acids is 1. The summed E-state index contributed by atoms with van der Waals surface area (Å²) in [4.78, 5) is 22.7. The van der Waals surface area contributed by atoms with Crippen molar-refractivity contribution in [1.29, 1.82) is 0 Å². The van der Waals surface area contributed by atoms with Gasteiger partial charge in [-0.1, -0.05) is 20.3 Å². The van der Waals surface area contributed by atoms with Crippen LogP contribution in [0.3, 0.4) is 0 Å². The molecular formula is C14H24N4O. The van der Waals surface area contributed by atoms with Crippen molar-refractivity contribution in [2.24, 2.45) is 0 Å². The van der Waals surface area contributed by atoms with Gasteiger partial charge in [0, 0.05) is 19.6 Å². The van der Waals surface area contributed by atoms with Crippen molar-refractivity contribution in [2.75, 3.05) is 18.9 Å². The molecule has 106 valence electrons. The Morgan fingerprint density at radius 1 is 1.37 bits per heavy atom. The van der Waals surface area contributed by atoms with Gasteiger partial charge in [0.05, 0.1) is 12.4 Å². The van der Waals surface area contributed by atoms with E-state index in [1.54, 1.807) is 13.2 Å². The summed E-state index contributed by atoms with van der Waals surface area (Å²) in [7, 11) is 1.78. The number of aromatic nitrogens is 2. The normalized spacial score (nSPS) is 12.0. The summed E-state index contributed by atoms with van der Waals surface area (Å²) in [5.74, 6) is 0.637. The molecule has 0 saturated carbocycles. The molecule has 5 nitrogen and oxygen atoms in total. The van der Waals surface area contributed by atoms with Crippen LogP contribution in [0.25, 0.3) is 0 Å². The molecule has 1 unspecified atom stereocenters. The van der Waals surface area contributed by atoms with Gasteiger partial charge in [0.15, 0.2) is 0 Å². The van der Waals surface area contributed by atoms with Gasteiger partial charge in [-0.15, -0.1) is 0 Å². The fourth-order valence-corrected chi connectivity index (χ4v) is 1.79. The van der Waals surface area contributed by atoms with Crippen LogP contribution in [-0.4, -0.2) is 40.4 Å². The van der Waals surface area contributed by atoms with E-state index in [-0.39, 0.29) is 11.9 Å². The van der Waals surface area contributed by atoms with Crippen LogP contribution in [-0.2, 0) is 0 Å². The molecule has 0 fully saturated rings. The van der Waals surface area contributed by atoms with Crippen LogP contribution in [0.1, 0.15) is 50.5 Å². The molecule has 1 atom stereocenters. The maximum absolute atomic E-state index is 12.5. The number of rotatable bonds is 7. The van der Waals surface area contributed by atoms with Crippen molar-refractivity contribution >= 4 is 11.7 Å². The number of amides is 1. The summed E-state index contributed by atoms with van der Waals surface area (Å²) < 4.78 is 0. The Bertz CT molecular complexity index is 391. The lowest BCUT2D eigenvalue weighted by Crippen LogP contribution is -2.39. The monoisotopic (exact) mass is 264 g/mol. The summed E-state index contributed by atoms with van der Waals surface area (Å²) in [5, 5.41) is 2.89. The molecule has 0 saturated heterocycles. The zero-order valence-electron chi connectivity index (χ0n) is 12.3. The summed E-state index contributed by atoms with van der Waals surface area (Å²) in [6.45, 7) is 7.07. The molecule has 0 aliphatic heterocycles. The average molecular weight is 264 g/mol. The number of anilines is 1. The van der Waals surface area contributed by atoms with E-state index in [1.807, 2.05) is 4.90 Å². The van der Waals surface area contributed by atoms with Crippen molar-refractivity contribution in [1.82, 2.24) is 14.9 Å². The third-order valence-corrected chi connectivity index (χ3v) is 3.26. The van der Waals surface area contributed by atoms with Crippen molar-refractivity contribution in [3.05, 3.63) is 18.1 Å². The van der Waals surface area contributed by atoms with E-state index in [1.165, 1.54) is 6.20 Å². The van der Waals surface area contributed by atoms with Crippen molar-refractivity contribution < 1.29 is 4.79 Å². The van der Waals surface area contributed by atoms with Gasteiger partial charge < -0.3 is 10.2 Å². The predicted octanol–water partition coefficient (Wildman–Crippen LogP) is 2.56. The average Bonchev–Trinajstić information content (AvgIpc) is 2.47. The molecule has 1 aromatic rings. The molecule has 1 N–H and O–H groups in total. The Morgan fingerprint density at radius 3 is 2.58 bits per heavy atom. The van der Waals surface area contributed by atoms with Gasteiger partial charge in [-0.3, -0.25) is 4.79 Å². The highest BCUT2D eigenvalue weighted by Gasteiger charge is 2.21. The first kappa shape index (κ1) is 15.4. The molecule has 1 heterocycles. The number of nitrogens with zero attached hydrogens (tertiary/aromatic N) is 3. The second kappa shape index (κ2) is 7.71. The van der Waals surface area contributed by atoms with Crippen LogP contribution in [0.4, 0.5) is 5.82 Å². The minimum absolute atomic E-state index is 0.0297. The van der Waals surface area contributed by atoms with Gasteiger partial charge in [-0.2, -0.15) is 0 Å². The van der Waals surface area contributed by atoms with E-state index in [0.717, 1.165) is 25.8 Å². The van der Waals surface area contributed by atoms with Gasteiger partial charge in [-0.05, 0) is 19.8 Å². The number of hydrogen-bond donors (Lipinski definition) is 1. The summed E-state index contributed by atoms with van der Waals surface area (Å²) in [6.07, 6.45) is 6.15. The molecule has 19 heavy (non-hydrogen) atoms. The van der Waals surface area contributed by atoms with Gasteiger partial charge in [0.2, 0.25) is 0 Å². The number of nitrogens with one attached hydrogen (secondary N) is 1. The van der Waals surface area contributed by atoms with Crippen LogP contribution in [0, 0.1) is 0 Å². The molecular weight excluding hydrogens is 240 g/mol. The second-order valence-electron chi connectivity index (χ2n) is 4.65. The van der Waals surface area contributed by atoms with Crippen molar-refractivity contribution in [2.45, 2.75) is 46.1 Å². The lowest BCUT2D eigenvalue weighted by molar-refractivity contribution is 0.0679. The van der Waals surface area contributed by atoms with E-state index in [0.29, 0.717) is 11.5 Å². The third-order valence-electron chi connectivity index (χ3n) is 3.26. The van der Waals surface area contributed by atoms with Crippen molar-refractivity contribution in [3.8, 4) is 0 Å². The quantitative estimate of drug-likeness (QED) is 0.822. The lowest BCUT2D eigenvalue weighted by atomic mass is 10.2. The van der Waals surface area contributed by atoms with E-state index < -0.39 is 0 Å². The summed E-state index contributed by atoms with van der Waals surface area (Å²) in [6, 6.07) is 0.227. The van der Waals surface area contributed by atoms with Crippen LogP contribution in [0.2, 0.25) is 0 Å². The first-order chi connectivity index (χ1) is 9.13. The highest BCUT2D eigenvalue weighted by Crippen LogP contribution is 2.11.